The lowest BCUT2D eigenvalue weighted by Gasteiger charge is -2.28. The molecular weight excluding hydrogens is 298 g/mol. The first-order valence-corrected chi connectivity index (χ1v) is 7.58. The van der Waals surface area contributed by atoms with Gasteiger partial charge < -0.3 is 10.3 Å². The van der Waals surface area contributed by atoms with Crippen LogP contribution < -0.4 is 10.9 Å². The number of rotatable bonds is 2. The lowest BCUT2D eigenvalue weighted by molar-refractivity contribution is 0.244. The van der Waals surface area contributed by atoms with Gasteiger partial charge in [-0.15, -0.1) is 12.4 Å². The molecule has 0 saturated heterocycles. The van der Waals surface area contributed by atoms with Crippen LogP contribution in [-0.4, -0.2) is 23.0 Å². The number of benzene rings is 1. The van der Waals surface area contributed by atoms with Crippen molar-refractivity contribution >= 4 is 18.1 Å². The van der Waals surface area contributed by atoms with Crippen molar-refractivity contribution in [1.29, 1.82) is 0 Å². The fraction of sp³-hybridized carbons (Fsp3) is 0.353. The smallest absolute Gasteiger partial charge is 0.252 e. The largest absolute Gasteiger partial charge is 0.384 e. The van der Waals surface area contributed by atoms with E-state index in [1.807, 2.05) is 6.07 Å². The Hall–Kier alpha value is -1.78. The van der Waals surface area contributed by atoms with Gasteiger partial charge in [-0.25, -0.2) is 0 Å². The highest BCUT2D eigenvalue weighted by Gasteiger charge is 2.21. The average Bonchev–Trinajstić information content (AvgIpc) is 2.98. The van der Waals surface area contributed by atoms with Crippen molar-refractivity contribution in [2.24, 2.45) is 0 Å². The van der Waals surface area contributed by atoms with Crippen LogP contribution in [0, 0.1) is 0 Å². The van der Waals surface area contributed by atoms with Crippen molar-refractivity contribution in [1.82, 2.24) is 9.88 Å². The molecule has 2 aromatic rings. The SMILES string of the molecule is Cl.O=c1[nH]ccc2c1CN(Cc1cccc3c1NCC3)CC2. The molecule has 0 radical (unpaired) electrons. The summed E-state index contributed by atoms with van der Waals surface area (Å²) in [6.45, 7) is 3.70. The number of hydrogen-bond acceptors (Lipinski definition) is 3. The molecule has 0 amide bonds. The van der Waals surface area contributed by atoms with Crippen LogP contribution in [0.15, 0.2) is 35.3 Å². The average molecular weight is 318 g/mol. The summed E-state index contributed by atoms with van der Waals surface area (Å²) in [5.74, 6) is 0. The maximum Gasteiger partial charge on any atom is 0.252 e. The topological polar surface area (TPSA) is 48.1 Å². The molecule has 0 unspecified atom stereocenters. The molecular formula is C17H20ClN3O. The van der Waals surface area contributed by atoms with Gasteiger partial charge in [0.05, 0.1) is 0 Å². The van der Waals surface area contributed by atoms with Gasteiger partial charge in [-0.3, -0.25) is 9.69 Å². The highest BCUT2D eigenvalue weighted by molar-refractivity contribution is 5.85. The Morgan fingerprint density at radius 2 is 2.05 bits per heavy atom. The van der Waals surface area contributed by atoms with Gasteiger partial charge in [-0.1, -0.05) is 18.2 Å². The number of aromatic amines is 1. The highest BCUT2D eigenvalue weighted by Crippen LogP contribution is 2.28. The lowest BCUT2D eigenvalue weighted by Crippen LogP contribution is -2.34. The van der Waals surface area contributed by atoms with Gasteiger partial charge in [0.2, 0.25) is 0 Å². The fourth-order valence-corrected chi connectivity index (χ4v) is 3.46. The Labute approximate surface area is 136 Å². The molecule has 0 saturated carbocycles. The normalized spacial score (nSPS) is 16.4. The molecule has 5 heteroatoms. The summed E-state index contributed by atoms with van der Waals surface area (Å²) < 4.78 is 0. The molecule has 0 atom stereocenters. The number of fused-ring (bicyclic) bond motifs is 2. The summed E-state index contributed by atoms with van der Waals surface area (Å²) >= 11 is 0. The first-order valence-electron chi connectivity index (χ1n) is 7.58. The second-order valence-electron chi connectivity index (χ2n) is 5.90. The van der Waals surface area contributed by atoms with Crippen LogP contribution >= 0.6 is 12.4 Å². The van der Waals surface area contributed by atoms with Crippen LogP contribution in [0.1, 0.15) is 22.3 Å². The lowest BCUT2D eigenvalue weighted by atomic mass is 10.0. The molecule has 1 aromatic carbocycles. The van der Waals surface area contributed by atoms with Crippen LogP contribution in [0.25, 0.3) is 0 Å². The van der Waals surface area contributed by atoms with E-state index in [-0.39, 0.29) is 18.0 Å². The van der Waals surface area contributed by atoms with Crippen LogP contribution in [0.5, 0.6) is 0 Å². The molecule has 3 heterocycles. The number of pyridine rings is 1. The minimum atomic E-state index is 0. The molecule has 0 spiro atoms. The van der Waals surface area contributed by atoms with Crippen LogP contribution in [0.3, 0.4) is 0 Å². The van der Waals surface area contributed by atoms with Gasteiger partial charge in [-0.05, 0) is 35.6 Å². The number of para-hydroxylation sites is 1. The van der Waals surface area contributed by atoms with Crippen molar-refractivity contribution in [3.63, 3.8) is 0 Å². The second-order valence-corrected chi connectivity index (χ2v) is 5.90. The van der Waals surface area contributed by atoms with Crippen LogP contribution in [0.2, 0.25) is 0 Å². The number of nitrogens with one attached hydrogen (secondary N) is 2. The molecule has 116 valence electrons. The van der Waals surface area contributed by atoms with E-state index in [1.165, 1.54) is 22.4 Å². The molecule has 2 N–H and O–H groups in total. The molecule has 4 rings (SSSR count). The van der Waals surface area contributed by atoms with E-state index in [4.69, 9.17) is 0 Å². The summed E-state index contributed by atoms with van der Waals surface area (Å²) in [6, 6.07) is 8.58. The van der Waals surface area contributed by atoms with Crippen molar-refractivity contribution in [3.05, 3.63) is 63.1 Å². The summed E-state index contributed by atoms with van der Waals surface area (Å²) in [6.07, 6.45) is 3.83. The zero-order chi connectivity index (χ0) is 14.2. The van der Waals surface area contributed by atoms with Crippen molar-refractivity contribution < 1.29 is 0 Å². The zero-order valence-electron chi connectivity index (χ0n) is 12.4. The van der Waals surface area contributed by atoms with E-state index in [0.29, 0.717) is 0 Å². The minimum absolute atomic E-state index is 0. The third-order valence-electron chi connectivity index (χ3n) is 4.57. The standard InChI is InChI=1S/C17H19N3O.ClH/c21-17-15-11-20(9-6-12(15)4-8-19-17)10-14-3-1-2-13-5-7-18-16(13)14;/h1-4,8,18H,5-7,9-11H2,(H,19,21);1H. The molecule has 0 aliphatic carbocycles. The number of aromatic nitrogens is 1. The number of halogens is 1. The summed E-state index contributed by atoms with van der Waals surface area (Å²) in [7, 11) is 0. The quantitative estimate of drug-likeness (QED) is 0.893. The van der Waals surface area contributed by atoms with Gasteiger partial charge in [0.1, 0.15) is 0 Å². The Bertz CT molecular complexity index is 741. The molecule has 4 nitrogen and oxygen atoms in total. The fourth-order valence-electron chi connectivity index (χ4n) is 3.46. The Morgan fingerprint density at radius 1 is 1.14 bits per heavy atom. The molecule has 0 fully saturated rings. The van der Waals surface area contributed by atoms with Gasteiger partial charge >= 0.3 is 0 Å². The van der Waals surface area contributed by atoms with E-state index in [1.54, 1.807) is 6.20 Å². The number of anilines is 1. The Morgan fingerprint density at radius 3 is 2.95 bits per heavy atom. The van der Waals surface area contributed by atoms with Crippen molar-refractivity contribution in [2.75, 3.05) is 18.4 Å². The van der Waals surface area contributed by atoms with Crippen LogP contribution in [-0.2, 0) is 25.9 Å². The first-order chi connectivity index (χ1) is 10.3. The van der Waals surface area contributed by atoms with E-state index < -0.39 is 0 Å². The third-order valence-corrected chi connectivity index (χ3v) is 4.57. The second kappa shape index (κ2) is 6.15. The van der Waals surface area contributed by atoms with E-state index in [9.17, 15) is 4.79 Å². The molecule has 2 aliphatic heterocycles. The van der Waals surface area contributed by atoms with E-state index in [0.717, 1.165) is 44.6 Å². The molecule has 2 aliphatic rings. The van der Waals surface area contributed by atoms with E-state index in [2.05, 4.69) is 33.4 Å². The number of hydrogen-bond donors (Lipinski definition) is 2. The molecule has 0 bridgehead atoms. The maximum absolute atomic E-state index is 12.0. The summed E-state index contributed by atoms with van der Waals surface area (Å²) in [4.78, 5) is 17.1. The first kappa shape index (κ1) is 15.1. The predicted molar refractivity (Wildman–Crippen MR) is 90.8 cm³/mol. The van der Waals surface area contributed by atoms with Crippen LogP contribution in [0.4, 0.5) is 5.69 Å². The van der Waals surface area contributed by atoms with E-state index >= 15 is 0 Å². The molecule has 22 heavy (non-hydrogen) atoms. The summed E-state index contributed by atoms with van der Waals surface area (Å²) in [5.41, 5.74) is 6.28. The van der Waals surface area contributed by atoms with Gasteiger partial charge in [0.15, 0.2) is 0 Å². The highest BCUT2D eigenvalue weighted by atomic mass is 35.5. The van der Waals surface area contributed by atoms with Crippen molar-refractivity contribution in [2.45, 2.75) is 25.9 Å². The van der Waals surface area contributed by atoms with Gasteiger partial charge in [0.25, 0.3) is 5.56 Å². The third kappa shape index (κ3) is 2.64. The predicted octanol–water partition coefficient (Wildman–Crippen LogP) is 2.32. The monoisotopic (exact) mass is 317 g/mol. The van der Waals surface area contributed by atoms with Gasteiger partial charge in [0, 0.05) is 43.6 Å². The zero-order valence-corrected chi connectivity index (χ0v) is 13.2. The number of nitrogens with zero attached hydrogens (tertiary/aromatic N) is 1. The Balaban J connectivity index is 0.00000144. The van der Waals surface area contributed by atoms with Crippen molar-refractivity contribution in [3.8, 4) is 0 Å². The number of H-pyrrole nitrogens is 1. The minimum Gasteiger partial charge on any atom is -0.384 e. The Kier molecular flexibility index (Phi) is 4.23. The summed E-state index contributed by atoms with van der Waals surface area (Å²) in [5, 5.41) is 3.49. The molecule has 1 aromatic heterocycles. The maximum atomic E-state index is 12.0. The van der Waals surface area contributed by atoms with Gasteiger partial charge in [-0.2, -0.15) is 0 Å².